The van der Waals surface area contributed by atoms with Gasteiger partial charge < -0.3 is 10.1 Å². The van der Waals surface area contributed by atoms with Crippen LogP contribution in [0.2, 0.25) is 0 Å². The fourth-order valence-corrected chi connectivity index (χ4v) is 3.14. The largest absolute Gasteiger partial charge is 0.375 e. The van der Waals surface area contributed by atoms with Gasteiger partial charge >= 0.3 is 0 Å². The Bertz CT molecular complexity index is 205. The third kappa shape index (κ3) is 3.46. The second kappa shape index (κ2) is 6.02. The molecule has 0 amide bonds. The molecular formula is C14H27NO. The molecule has 1 saturated carbocycles. The number of rotatable bonds is 2. The quantitative estimate of drug-likeness (QED) is 0.779. The Kier molecular flexibility index (Phi) is 4.66. The first kappa shape index (κ1) is 12.4. The van der Waals surface area contributed by atoms with Crippen LogP contribution in [-0.2, 0) is 4.74 Å². The maximum Gasteiger partial charge on any atom is 0.0728 e. The van der Waals surface area contributed by atoms with Crippen molar-refractivity contribution in [3.05, 3.63) is 0 Å². The second-order valence-electron chi connectivity index (χ2n) is 5.96. The van der Waals surface area contributed by atoms with Crippen LogP contribution in [0.15, 0.2) is 0 Å². The Labute approximate surface area is 100 Å². The number of hydrogen-bond donors (Lipinski definition) is 1. The lowest BCUT2D eigenvalue weighted by Crippen LogP contribution is -2.54. The molecule has 0 aromatic carbocycles. The van der Waals surface area contributed by atoms with Gasteiger partial charge in [-0.3, -0.25) is 0 Å². The van der Waals surface area contributed by atoms with Crippen molar-refractivity contribution in [2.45, 2.75) is 77.0 Å². The van der Waals surface area contributed by atoms with E-state index in [1.54, 1.807) is 0 Å². The van der Waals surface area contributed by atoms with Crippen molar-refractivity contribution in [1.29, 1.82) is 0 Å². The molecule has 3 unspecified atom stereocenters. The molecule has 0 spiro atoms. The highest BCUT2D eigenvalue weighted by atomic mass is 16.5. The number of hydrogen-bond acceptors (Lipinski definition) is 2. The van der Waals surface area contributed by atoms with Crippen molar-refractivity contribution < 1.29 is 4.74 Å². The van der Waals surface area contributed by atoms with E-state index in [1.807, 2.05) is 0 Å². The van der Waals surface area contributed by atoms with Gasteiger partial charge in [-0.1, -0.05) is 39.5 Å². The summed E-state index contributed by atoms with van der Waals surface area (Å²) in [6, 6.07) is 1.23. The third-order valence-corrected chi connectivity index (χ3v) is 3.92. The molecule has 0 radical (unpaired) electrons. The van der Waals surface area contributed by atoms with Gasteiger partial charge in [0.05, 0.1) is 12.7 Å². The topological polar surface area (TPSA) is 21.3 Å². The van der Waals surface area contributed by atoms with E-state index in [0.717, 1.165) is 12.5 Å². The lowest BCUT2D eigenvalue weighted by molar-refractivity contribution is -0.0412. The number of fused-ring (bicyclic) bond motifs is 1. The minimum atomic E-state index is 0.503. The lowest BCUT2D eigenvalue weighted by Gasteiger charge is -2.39. The highest BCUT2D eigenvalue weighted by molar-refractivity contribution is 4.87. The summed E-state index contributed by atoms with van der Waals surface area (Å²) in [6.45, 7) is 5.52. The summed E-state index contributed by atoms with van der Waals surface area (Å²) in [6.07, 6.45) is 9.91. The molecule has 2 nitrogen and oxygen atoms in total. The molecule has 1 aliphatic carbocycles. The van der Waals surface area contributed by atoms with Crippen LogP contribution < -0.4 is 5.32 Å². The van der Waals surface area contributed by atoms with Gasteiger partial charge in [0.2, 0.25) is 0 Å². The summed E-state index contributed by atoms with van der Waals surface area (Å²) in [4.78, 5) is 0. The van der Waals surface area contributed by atoms with E-state index in [2.05, 4.69) is 19.2 Å². The van der Waals surface area contributed by atoms with Gasteiger partial charge in [-0.05, 0) is 25.2 Å². The minimum Gasteiger partial charge on any atom is -0.375 e. The SMILES string of the molecule is CC(C)CC1COC2CCCCCCC2N1. The average Bonchev–Trinajstić information content (AvgIpc) is 2.19. The summed E-state index contributed by atoms with van der Waals surface area (Å²) < 4.78 is 6.07. The summed E-state index contributed by atoms with van der Waals surface area (Å²) >= 11 is 0. The van der Waals surface area contributed by atoms with Crippen LogP contribution in [0.25, 0.3) is 0 Å². The van der Waals surface area contributed by atoms with Crippen molar-refractivity contribution in [2.24, 2.45) is 5.92 Å². The van der Waals surface area contributed by atoms with Gasteiger partial charge in [-0.25, -0.2) is 0 Å². The van der Waals surface area contributed by atoms with Crippen molar-refractivity contribution in [1.82, 2.24) is 5.32 Å². The van der Waals surface area contributed by atoms with Gasteiger partial charge in [0, 0.05) is 12.1 Å². The van der Waals surface area contributed by atoms with E-state index in [1.165, 1.54) is 44.9 Å². The molecule has 1 N–H and O–H groups in total. The monoisotopic (exact) mass is 225 g/mol. The zero-order valence-corrected chi connectivity index (χ0v) is 10.9. The Morgan fingerprint density at radius 1 is 1.12 bits per heavy atom. The summed E-state index contributed by atoms with van der Waals surface area (Å²) in [5, 5.41) is 3.83. The average molecular weight is 225 g/mol. The van der Waals surface area contributed by atoms with Gasteiger partial charge in [-0.2, -0.15) is 0 Å². The van der Waals surface area contributed by atoms with E-state index < -0.39 is 0 Å². The molecule has 0 bridgehead atoms. The first-order chi connectivity index (χ1) is 7.75. The molecule has 1 aliphatic heterocycles. The smallest absolute Gasteiger partial charge is 0.0728 e. The molecule has 1 saturated heterocycles. The van der Waals surface area contributed by atoms with E-state index >= 15 is 0 Å². The highest BCUT2D eigenvalue weighted by Gasteiger charge is 2.30. The normalized spacial score (nSPS) is 36.6. The van der Waals surface area contributed by atoms with Crippen molar-refractivity contribution in [3.63, 3.8) is 0 Å². The molecule has 1 heterocycles. The predicted molar refractivity (Wildman–Crippen MR) is 67.6 cm³/mol. The van der Waals surface area contributed by atoms with Crippen molar-refractivity contribution in [3.8, 4) is 0 Å². The van der Waals surface area contributed by atoms with Crippen LogP contribution in [0, 0.1) is 5.92 Å². The third-order valence-electron chi connectivity index (χ3n) is 3.92. The van der Waals surface area contributed by atoms with Gasteiger partial charge in [-0.15, -0.1) is 0 Å². The highest BCUT2D eigenvalue weighted by Crippen LogP contribution is 2.24. The summed E-state index contributed by atoms with van der Waals surface area (Å²) in [7, 11) is 0. The molecule has 2 aliphatic rings. The van der Waals surface area contributed by atoms with Crippen LogP contribution in [0.4, 0.5) is 0 Å². The molecule has 94 valence electrons. The van der Waals surface area contributed by atoms with Crippen molar-refractivity contribution in [2.75, 3.05) is 6.61 Å². The maximum atomic E-state index is 6.07. The van der Waals surface area contributed by atoms with Crippen LogP contribution >= 0.6 is 0 Å². The molecule has 0 aromatic rings. The Morgan fingerprint density at radius 2 is 1.88 bits per heavy atom. The van der Waals surface area contributed by atoms with Crippen molar-refractivity contribution >= 4 is 0 Å². The fraction of sp³-hybridized carbons (Fsp3) is 1.00. The van der Waals surface area contributed by atoms with E-state index in [-0.39, 0.29) is 0 Å². The van der Waals surface area contributed by atoms with Gasteiger partial charge in [0.15, 0.2) is 0 Å². The Hall–Kier alpha value is -0.0800. The summed E-state index contributed by atoms with van der Waals surface area (Å²) in [5.74, 6) is 0.770. The summed E-state index contributed by atoms with van der Waals surface area (Å²) in [5.41, 5.74) is 0. The zero-order chi connectivity index (χ0) is 11.4. The van der Waals surface area contributed by atoms with Crippen LogP contribution in [0.5, 0.6) is 0 Å². The van der Waals surface area contributed by atoms with E-state index in [4.69, 9.17) is 4.74 Å². The van der Waals surface area contributed by atoms with Gasteiger partial charge in [0.25, 0.3) is 0 Å². The first-order valence-corrected chi connectivity index (χ1v) is 7.13. The molecule has 2 fully saturated rings. The molecule has 2 rings (SSSR count). The molecular weight excluding hydrogens is 198 g/mol. The second-order valence-corrected chi connectivity index (χ2v) is 5.96. The Balaban J connectivity index is 1.85. The van der Waals surface area contributed by atoms with Crippen LogP contribution in [0.3, 0.4) is 0 Å². The first-order valence-electron chi connectivity index (χ1n) is 7.13. The molecule has 0 aromatic heterocycles. The molecule has 16 heavy (non-hydrogen) atoms. The minimum absolute atomic E-state index is 0.503. The molecule has 2 heteroatoms. The van der Waals surface area contributed by atoms with Crippen LogP contribution in [0.1, 0.15) is 58.8 Å². The lowest BCUT2D eigenvalue weighted by atomic mass is 9.91. The number of ether oxygens (including phenoxy) is 1. The fourth-order valence-electron chi connectivity index (χ4n) is 3.14. The molecule has 3 atom stereocenters. The van der Waals surface area contributed by atoms with Gasteiger partial charge in [0.1, 0.15) is 0 Å². The number of nitrogens with one attached hydrogen (secondary N) is 1. The standard InChI is InChI=1S/C14H27NO/c1-11(2)9-12-10-16-14-8-6-4-3-5-7-13(14)15-12/h11-15H,3-10H2,1-2H3. The van der Waals surface area contributed by atoms with E-state index in [0.29, 0.717) is 18.2 Å². The Morgan fingerprint density at radius 3 is 2.62 bits per heavy atom. The van der Waals surface area contributed by atoms with E-state index in [9.17, 15) is 0 Å². The predicted octanol–water partition coefficient (Wildman–Crippen LogP) is 3.11. The maximum absolute atomic E-state index is 6.07. The number of morpholine rings is 1. The zero-order valence-electron chi connectivity index (χ0n) is 10.9. The van der Waals surface area contributed by atoms with Crippen LogP contribution in [-0.4, -0.2) is 24.8 Å².